The Bertz CT molecular complexity index is 827. The van der Waals surface area contributed by atoms with Crippen LogP contribution in [0.2, 0.25) is 0 Å². The van der Waals surface area contributed by atoms with Gasteiger partial charge in [-0.25, -0.2) is 0 Å². The van der Waals surface area contributed by atoms with Gasteiger partial charge in [0.1, 0.15) is 0 Å². The molecule has 0 aromatic heterocycles. The molecule has 0 saturated carbocycles. The molecule has 30 heavy (non-hydrogen) atoms. The van der Waals surface area contributed by atoms with Crippen molar-refractivity contribution in [3.8, 4) is 0 Å². The predicted molar refractivity (Wildman–Crippen MR) is 115 cm³/mol. The number of piperazine rings is 1. The molecule has 2 saturated heterocycles. The van der Waals surface area contributed by atoms with Gasteiger partial charge in [-0.2, -0.15) is 0 Å². The van der Waals surface area contributed by atoms with E-state index in [-0.39, 0.29) is 29.6 Å². The Morgan fingerprint density at radius 2 is 1.47 bits per heavy atom. The summed E-state index contributed by atoms with van der Waals surface area (Å²) in [5.41, 5.74) is 3.01. The van der Waals surface area contributed by atoms with E-state index in [9.17, 15) is 14.4 Å². The number of carbonyl (C=O) groups excluding carboxylic acids is 3. The largest absolute Gasteiger partial charge is 0.324 e. The second kappa shape index (κ2) is 8.70. The van der Waals surface area contributed by atoms with Crippen molar-refractivity contribution in [2.24, 2.45) is 11.8 Å². The summed E-state index contributed by atoms with van der Waals surface area (Å²) in [5.74, 6) is -0.397. The van der Waals surface area contributed by atoms with Gasteiger partial charge in [-0.3, -0.25) is 29.1 Å². The first kappa shape index (κ1) is 20.8. The third-order valence-corrected chi connectivity index (χ3v) is 6.52. The van der Waals surface area contributed by atoms with Crippen molar-refractivity contribution in [2.45, 2.75) is 26.7 Å². The van der Waals surface area contributed by atoms with Crippen LogP contribution < -0.4 is 5.32 Å². The maximum absolute atomic E-state index is 12.6. The number of fused-ring (bicyclic) bond motifs is 1. The van der Waals surface area contributed by atoms with Crippen LogP contribution in [0.5, 0.6) is 0 Å². The average Bonchev–Trinajstić information content (AvgIpc) is 2.97. The minimum absolute atomic E-state index is 0.0117. The van der Waals surface area contributed by atoms with Crippen LogP contribution in [-0.2, 0) is 14.4 Å². The van der Waals surface area contributed by atoms with E-state index in [4.69, 9.17) is 0 Å². The van der Waals surface area contributed by atoms with Crippen molar-refractivity contribution >= 4 is 23.4 Å². The first-order valence-corrected chi connectivity index (χ1v) is 10.7. The lowest BCUT2D eigenvalue weighted by Crippen LogP contribution is -2.52. The number of carbonyl (C=O) groups is 3. The maximum Gasteiger partial charge on any atom is 0.238 e. The summed E-state index contributed by atoms with van der Waals surface area (Å²) in [7, 11) is 0. The summed E-state index contributed by atoms with van der Waals surface area (Å²) in [5, 5.41) is 3.04. The summed E-state index contributed by atoms with van der Waals surface area (Å²) in [4.78, 5) is 43.5. The number of anilines is 1. The molecule has 3 aliphatic rings. The number of amides is 3. The molecule has 160 valence electrons. The Hall–Kier alpha value is -2.51. The third-order valence-electron chi connectivity index (χ3n) is 6.52. The second-order valence-electron chi connectivity index (χ2n) is 8.61. The monoisotopic (exact) mass is 410 g/mol. The fourth-order valence-electron chi connectivity index (χ4n) is 4.69. The van der Waals surface area contributed by atoms with E-state index in [2.05, 4.69) is 15.1 Å². The molecule has 2 heterocycles. The molecule has 1 aliphatic carbocycles. The molecule has 1 aromatic rings. The molecule has 7 nitrogen and oxygen atoms in total. The summed E-state index contributed by atoms with van der Waals surface area (Å²) in [6.07, 6.45) is 5.38. The highest BCUT2D eigenvalue weighted by molar-refractivity contribution is 6.05. The highest BCUT2D eigenvalue weighted by Gasteiger charge is 2.47. The van der Waals surface area contributed by atoms with Crippen LogP contribution in [0.15, 0.2) is 30.4 Å². The van der Waals surface area contributed by atoms with Crippen LogP contribution in [0, 0.1) is 25.7 Å². The van der Waals surface area contributed by atoms with E-state index >= 15 is 0 Å². The molecular formula is C23H30N4O3. The van der Waals surface area contributed by atoms with E-state index < -0.39 is 0 Å². The van der Waals surface area contributed by atoms with E-state index in [1.807, 2.05) is 44.2 Å². The molecule has 2 fully saturated rings. The van der Waals surface area contributed by atoms with Gasteiger partial charge in [-0.05, 0) is 37.8 Å². The third kappa shape index (κ3) is 4.18. The molecule has 2 atom stereocenters. The lowest BCUT2D eigenvalue weighted by Gasteiger charge is -2.35. The summed E-state index contributed by atoms with van der Waals surface area (Å²) < 4.78 is 0. The molecule has 1 N–H and O–H groups in total. The normalized spacial score (nSPS) is 24.9. The van der Waals surface area contributed by atoms with Crippen molar-refractivity contribution in [1.29, 1.82) is 0 Å². The number of hydrogen-bond donors (Lipinski definition) is 1. The highest BCUT2D eigenvalue weighted by atomic mass is 16.2. The molecule has 2 aliphatic heterocycles. The zero-order chi connectivity index (χ0) is 21.3. The number of para-hydroxylation sites is 1. The first-order chi connectivity index (χ1) is 14.4. The number of benzene rings is 1. The number of nitrogens with zero attached hydrogens (tertiary/aromatic N) is 3. The number of likely N-dealkylation sites (tertiary alicyclic amines) is 1. The Kier molecular flexibility index (Phi) is 6.01. The number of allylic oxidation sites excluding steroid dienone is 2. The maximum atomic E-state index is 12.6. The van der Waals surface area contributed by atoms with Crippen LogP contribution in [0.4, 0.5) is 5.69 Å². The number of hydrogen-bond acceptors (Lipinski definition) is 5. The van der Waals surface area contributed by atoms with E-state index in [0.717, 1.165) is 43.0 Å². The van der Waals surface area contributed by atoms with Crippen molar-refractivity contribution in [3.63, 3.8) is 0 Å². The summed E-state index contributed by atoms with van der Waals surface area (Å²) in [6.45, 7) is 7.66. The van der Waals surface area contributed by atoms with E-state index in [1.165, 1.54) is 4.90 Å². The Morgan fingerprint density at radius 1 is 0.933 bits per heavy atom. The molecule has 0 unspecified atom stereocenters. The quantitative estimate of drug-likeness (QED) is 0.592. The fraction of sp³-hybridized carbons (Fsp3) is 0.522. The lowest BCUT2D eigenvalue weighted by atomic mass is 9.85. The van der Waals surface area contributed by atoms with Crippen molar-refractivity contribution < 1.29 is 14.4 Å². The standard InChI is InChI=1S/C23H30N4O3/c1-16-6-5-7-17(2)21(16)24-20(28)14-25-10-12-26(13-11-25)15-27-22(29)18-8-3-4-9-19(18)23(27)30/h3-7,18-19H,8-15H2,1-2H3,(H,24,28)/t18-,19-/m1/s1. The molecule has 0 bridgehead atoms. The van der Waals surface area contributed by atoms with Gasteiger partial charge in [0.15, 0.2) is 0 Å². The number of imide groups is 1. The number of aryl methyl sites for hydroxylation is 2. The lowest BCUT2D eigenvalue weighted by molar-refractivity contribution is -0.142. The molecule has 1 aromatic carbocycles. The van der Waals surface area contributed by atoms with Gasteiger partial charge >= 0.3 is 0 Å². The first-order valence-electron chi connectivity index (χ1n) is 10.7. The van der Waals surface area contributed by atoms with Crippen molar-refractivity contribution in [2.75, 3.05) is 44.7 Å². The highest BCUT2D eigenvalue weighted by Crippen LogP contribution is 2.35. The Morgan fingerprint density at radius 3 is 2.03 bits per heavy atom. The minimum Gasteiger partial charge on any atom is -0.324 e. The topological polar surface area (TPSA) is 73.0 Å². The van der Waals surface area contributed by atoms with E-state index in [1.54, 1.807) is 0 Å². The molecule has 0 radical (unpaired) electrons. The zero-order valence-corrected chi connectivity index (χ0v) is 17.8. The van der Waals surface area contributed by atoms with Gasteiger partial charge in [0.05, 0.1) is 25.0 Å². The summed E-state index contributed by atoms with van der Waals surface area (Å²) in [6, 6.07) is 5.98. The zero-order valence-electron chi connectivity index (χ0n) is 17.8. The molecule has 7 heteroatoms. The molecule has 0 spiro atoms. The number of nitrogens with one attached hydrogen (secondary N) is 1. The van der Waals surface area contributed by atoms with Crippen molar-refractivity contribution in [3.05, 3.63) is 41.5 Å². The molecule has 3 amide bonds. The van der Waals surface area contributed by atoms with Crippen LogP contribution in [0.25, 0.3) is 0 Å². The Balaban J connectivity index is 1.26. The van der Waals surface area contributed by atoms with Gasteiger partial charge < -0.3 is 5.32 Å². The van der Waals surface area contributed by atoms with Crippen LogP contribution in [-0.4, -0.2) is 71.8 Å². The van der Waals surface area contributed by atoms with Crippen LogP contribution in [0.1, 0.15) is 24.0 Å². The molecular weight excluding hydrogens is 380 g/mol. The predicted octanol–water partition coefficient (Wildman–Crippen LogP) is 1.77. The fourth-order valence-corrected chi connectivity index (χ4v) is 4.69. The van der Waals surface area contributed by atoms with Gasteiger partial charge in [0, 0.05) is 31.9 Å². The second-order valence-corrected chi connectivity index (χ2v) is 8.61. The SMILES string of the molecule is Cc1cccc(C)c1NC(=O)CN1CCN(CN2C(=O)[C@@H]3CC=CC[C@H]3C2=O)CC1. The van der Waals surface area contributed by atoms with Crippen LogP contribution >= 0.6 is 0 Å². The smallest absolute Gasteiger partial charge is 0.238 e. The average molecular weight is 411 g/mol. The van der Waals surface area contributed by atoms with Crippen LogP contribution in [0.3, 0.4) is 0 Å². The minimum atomic E-state index is -0.169. The van der Waals surface area contributed by atoms with Gasteiger partial charge in [-0.1, -0.05) is 30.4 Å². The number of rotatable bonds is 5. The Labute approximate surface area is 177 Å². The summed E-state index contributed by atoms with van der Waals surface area (Å²) >= 11 is 0. The van der Waals surface area contributed by atoms with Gasteiger partial charge in [0.25, 0.3) is 0 Å². The van der Waals surface area contributed by atoms with Gasteiger partial charge in [0.2, 0.25) is 17.7 Å². The van der Waals surface area contributed by atoms with E-state index in [0.29, 0.717) is 26.1 Å². The molecule has 4 rings (SSSR count). The van der Waals surface area contributed by atoms with Crippen molar-refractivity contribution in [1.82, 2.24) is 14.7 Å². The van der Waals surface area contributed by atoms with Gasteiger partial charge in [-0.15, -0.1) is 0 Å².